The highest BCUT2D eigenvalue weighted by molar-refractivity contribution is 5.72. The molecule has 0 saturated heterocycles. The van der Waals surface area contributed by atoms with E-state index in [1.807, 2.05) is 60.7 Å². The number of rotatable bonds is 5. The second kappa shape index (κ2) is 6.76. The zero-order valence-electron chi connectivity index (χ0n) is 12.3. The first kappa shape index (κ1) is 14.1. The van der Waals surface area contributed by atoms with Gasteiger partial charge in [0.1, 0.15) is 12.8 Å². The molecule has 3 rings (SSSR count). The Hall–Kier alpha value is -2.81. The predicted octanol–water partition coefficient (Wildman–Crippen LogP) is 4.14. The van der Waals surface area contributed by atoms with Crippen LogP contribution in [0, 0.1) is 6.20 Å². The summed E-state index contributed by atoms with van der Waals surface area (Å²) in [4.78, 5) is 4.12. The lowest BCUT2D eigenvalue weighted by molar-refractivity contribution is 0.285. The maximum atomic E-state index is 6.00. The van der Waals surface area contributed by atoms with Gasteiger partial charge in [-0.15, -0.1) is 0 Å². The summed E-state index contributed by atoms with van der Waals surface area (Å²) in [7, 11) is 1.61. The number of pyridine rings is 1. The Labute approximate surface area is 130 Å². The van der Waals surface area contributed by atoms with Gasteiger partial charge in [-0.3, -0.25) is 0 Å². The summed E-state index contributed by atoms with van der Waals surface area (Å²) >= 11 is 0. The highest BCUT2D eigenvalue weighted by Gasteiger charge is 2.13. The van der Waals surface area contributed by atoms with Crippen molar-refractivity contribution in [1.29, 1.82) is 0 Å². The highest BCUT2D eigenvalue weighted by Crippen LogP contribution is 2.37. The molecular formula is C19H16NO2. The van der Waals surface area contributed by atoms with E-state index < -0.39 is 0 Å². The largest absolute Gasteiger partial charge is 0.491 e. The van der Waals surface area contributed by atoms with Gasteiger partial charge in [0, 0.05) is 0 Å². The van der Waals surface area contributed by atoms with Gasteiger partial charge in [0.2, 0.25) is 0 Å². The molecule has 0 aliphatic carbocycles. The Bertz CT molecular complexity index is 727. The Morgan fingerprint density at radius 1 is 0.955 bits per heavy atom. The third kappa shape index (κ3) is 3.09. The lowest BCUT2D eigenvalue weighted by Crippen LogP contribution is -2.00. The second-order valence-corrected chi connectivity index (χ2v) is 4.78. The van der Waals surface area contributed by atoms with E-state index >= 15 is 0 Å². The fourth-order valence-corrected chi connectivity index (χ4v) is 2.21. The van der Waals surface area contributed by atoms with Crippen LogP contribution < -0.4 is 9.47 Å². The second-order valence-electron chi connectivity index (χ2n) is 4.78. The summed E-state index contributed by atoms with van der Waals surface area (Å²) in [5, 5.41) is 0. The average molecular weight is 290 g/mol. The van der Waals surface area contributed by atoms with E-state index in [1.54, 1.807) is 13.3 Å². The summed E-state index contributed by atoms with van der Waals surface area (Å²) in [5.74, 6) is 1.26. The van der Waals surface area contributed by atoms with E-state index in [-0.39, 0.29) is 0 Å². The smallest absolute Gasteiger partial charge is 0.179 e. The van der Waals surface area contributed by atoms with Crippen LogP contribution in [0.15, 0.2) is 66.9 Å². The summed E-state index contributed by atoms with van der Waals surface area (Å²) in [6.07, 6.45) is 4.63. The first-order valence-electron chi connectivity index (χ1n) is 7.05. The Balaban J connectivity index is 1.94. The van der Waals surface area contributed by atoms with Gasteiger partial charge in [-0.2, -0.15) is 0 Å². The monoisotopic (exact) mass is 290 g/mol. The number of hydrogen-bond donors (Lipinski definition) is 0. The molecule has 0 unspecified atom stereocenters. The molecule has 0 saturated carbocycles. The van der Waals surface area contributed by atoms with E-state index in [2.05, 4.69) is 11.2 Å². The molecule has 3 nitrogen and oxygen atoms in total. The maximum Gasteiger partial charge on any atom is 0.179 e. The van der Waals surface area contributed by atoms with Gasteiger partial charge in [0.15, 0.2) is 11.5 Å². The minimum atomic E-state index is 0.467. The van der Waals surface area contributed by atoms with Crippen LogP contribution >= 0.6 is 0 Å². The minimum absolute atomic E-state index is 0.467. The van der Waals surface area contributed by atoms with E-state index in [9.17, 15) is 0 Å². The van der Waals surface area contributed by atoms with Crippen LogP contribution in [-0.4, -0.2) is 12.1 Å². The molecule has 0 amide bonds. The van der Waals surface area contributed by atoms with Crippen molar-refractivity contribution in [2.24, 2.45) is 0 Å². The molecule has 0 spiro atoms. The average Bonchev–Trinajstić information content (AvgIpc) is 2.61. The van der Waals surface area contributed by atoms with Crippen molar-refractivity contribution in [3.8, 4) is 22.6 Å². The van der Waals surface area contributed by atoms with Crippen molar-refractivity contribution in [2.45, 2.75) is 6.61 Å². The quantitative estimate of drug-likeness (QED) is 0.708. The molecule has 0 fully saturated rings. The number of methoxy groups -OCH3 is 1. The topological polar surface area (TPSA) is 31.4 Å². The van der Waals surface area contributed by atoms with Gasteiger partial charge in [0.25, 0.3) is 0 Å². The molecular weight excluding hydrogens is 274 g/mol. The SMILES string of the molecule is COc1cn[c]c(-c2ccccc2)c1OCc1ccccc1. The van der Waals surface area contributed by atoms with Crippen LogP contribution in [0.5, 0.6) is 11.5 Å². The molecule has 109 valence electrons. The molecule has 0 bridgehead atoms. The van der Waals surface area contributed by atoms with Gasteiger partial charge in [-0.1, -0.05) is 60.7 Å². The molecule has 3 heteroatoms. The van der Waals surface area contributed by atoms with Gasteiger partial charge in [-0.25, -0.2) is 4.98 Å². The first-order valence-corrected chi connectivity index (χ1v) is 7.05. The van der Waals surface area contributed by atoms with Crippen molar-refractivity contribution in [1.82, 2.24) is 4.98 Å². The van der Waals surface area contributed by atoms with Crippen LogP contribution in [0.25, 0.3) is 11.1 Å². The number of hydrogen-bond acceptors (Lipinski definition) is 3. The molecule has 0 aliphatic rings. The fraction of sp³-hybridized carbons (Fsp3) is 0.105. The van der Waals surface area contributed by atoms with E-state index in [4.69, 9.17) is 9.47 Å². The molecule has 0 atom stereocenters. The van der Waals surface area contributed by atoms with Crippen LogP contribution in [0.1, 0.15) is 5.56 Å². The van der Waals surface area contributed by atoms with Crippen molar-refractivity contribution in [3.63, 3.8) is 0 Å². The Morgan fingerprint density at radius 2 is 1.64 bits per heavy atom. The van der Waals surface area contributed by atoms with Crippen molar-refractivity contribution >= 4 is 0 Å². The molecule has 0 N–H and O–H groups in total. The van der Waals surface area contributed by atoms with Crippen LogP contribution in [0.3, 0.4) is 0 Å². The van der Waals surface area contributed by atoms with Gasteiger partial charge in [0.05, 0.1) is 18.9 Å². The summed E-state index contributed by atoms with van der Waals surface area (Å²) in [6, 6.07) is 20.0. The lowest BCUT2D eigenvalue weighted by atomic mass is 10.1. The van der Waals surface area contributed by atoms with Crippen molar-refractivity contribution < 1.29 is 9.47 Å². The fourth-order valence-electron chi connectivity index (χ4n) is 2.21. The standard InChI is InChI=1S/C19H16NO2/c1-21-18-13-20-12-17(16-10-6-3-7-11-16)19(18)22-14-15-8-4-2-5-9-15/h2-11,13H,14H2,1H3. The normalized spacial score (nSPS) is 10.2. The zero-order valence-corrected chi connectivity index (χ0v) is 12.3. The summed E-state index contributed by atoms with van der Waals surface area (Å²) < 4.78 is 11.4. The van der Waals surface area contributed by atoms with E-state index in [0.29, 0.717) is 18.1 Å². The van der Waals surface area contributed by atoms with Gasteiger partial charge < -0.3 is 9.47 Å². The third-order valence-electron chi connectivity index (χ3n) is 3.32. The molecule has 1 radical (unpaired) electrons. The number of nitrogens with zero attached hydrogens (tertiary/aromatic N) is 1. The Kier molecular flexibility index (Phi) is 4.35. The van der Waals surface area contributed by atoms with Crippen molar-refractivity contribution in [2.75, 3.05) is 7.11 Å². The molecule has 1 aromatic heterocycles. The zero-order chi connectivity index (χ0) is 15.2. The minimum Gasteiger partial charge on any atom is -0.491 e. The number of benzene rings is 2. The molecule has 1 heterocycles. The molecule has 0 aliphatic heterocycles. The van der Waals surface area contributed by atoms with E-state index in [1.165, 1.54) is 0 Å². The highest BCUT2D eigenvalue weighted by atomic mass is 16.5. The summed E-state index contributed by atoms with van der Waals surface area (Å²) in [5.41, 5.74) is 2.90. The predicted molar refractivity (Wildman–Crippen MR) is 85.8 cm³/mol. The molecule has 2 aromatic carbocycles. The number of ether oxygens (including phenoxy) is 2. The van der Waals surface area contributed by atoms with Crippen LogP contribution in [0.2, 0.25) is 0 Å². The molecule has 22 heavy (non-hydrogen) atoms. The maximum absolute atomic E-state index is 6.00. The van der Waals surface area contributed by atoms with Gasteiger partial charge >= 0.3 is 0 Å². The van der Waals surface area contributed by atoms with Crippen LogP contribution in [0.4, 0.5) is 0 Å². The van der Waals surface area contributed by atoms with Crippen LogP contribution in [-0.2, 0) is 6.61 Å². The molecule has 3 aromatic rings. The number of aromatic nitrogens is 1. The third-order valence-corrected chi connectivity index (χ3v) is 3.32. The van der Waals surface area contributed by atoms with Crippen molar-refractivity contribution in [3.05, 3.63) is 78.6 Å². The first-order chi connectivity index (χ1) is 10.9. The summed E-state index contributed by atoms with van der Waals surface area (Å²) in [6.45, 7) is 0.467. The van der Waals surface area contributed by atoms with E-state index in [0.717, 1.165) is 16.7 Å². The van der Waals surface area contributed by atoms with Gasteiger partial charge in [-0.05, 0) is 11.1 Å². The Morgan fingerprint density at radius 3 is 2.32 bits per heavy atom. The lowest BCUT2D eigenvalue weighted by Gasteiger charge is -2.14.